The molecule has 2 rings (SSSR count). The van der Waals surface area contributed by atoms with Gasteiger partial charge in [-0.05, 0) is 27.2 Å². The fourth-order valence-electron chi connectivity index (χ4n) is 1.32. The van der Waals surface area contributed by atoms with E-state index in [-0.39, 0.29) is 18.2 Å². The predicted molar refractivity (Wildman–Crippen MR) is 75.9 cm³/mol. The second-order valence-electron chi connectivity index (χ2n) is 5.20. The van der Waals surface area contributed by atoms with E-state index < -0.39 is 5.97 Å². The fourth-order valence-corrected chi connectivity index (χ4v) is 1.32. The van der Waals surface area contributed by atoms with Gasteiger partial charge in [-0.25, -0.2) is 9.59 Å². The van der Waals surface area contributed by atoms with Gasteiger partial charge in [-0.15, -0.1) is 0 Å². The molecular weight excluding hydrogens is 276 g/mol. The Balaban J connectivity index is 0.000000211. The standard InChI is InChI=1S/C8H12O3.C7H10O3/c1-5(3-7-4-11-7)6(2)8(9)10;1-5(2)7(8)10-4-6-3-9-6/h7H,3-4H2,1-2H3,(H,9,10);6H,1,3-4H2,2H3. The first-order chi connectivity index (χ1) is 9.81. The number of carboxylic acid groups (broad SMARTS) is 1. The highest BCUT2D eigenvalue weighted by Gasteiger charge is 2.24. The number of hydrogen-bond acceptors (Lipinski definition) is 5. The molecule has 0 aromatic carbocycles. The summed E-state index contributed by atoms with van der Waals surface area (Å²) in [4.78, 5) is 21.1. The highest BCUT2D eigenvalue weighted by molar-refractivity contribution is 5.87. The molecule has 2 heterocycles. The number of esters is 1. The summed E-state index contributed by atoms with van der Waals surface area (Å²) in [6, 6.07) is 0. The Bertz CT molecular complexity index is 443. The van der Waals surface area contributed by atoms with Crippen molar-refractivity contribution in [1.82, 2.24) is 0 Å². The summed E-state index contributed by atoms with van der Waals surface area (Å²) in [6.45, 7) is 10.4. The van der Waals surface area contributed by atoms with Gasteiger partial charge in [0.05, 0.1) is 19.3 Å². The third kappa shape index (κ3) is 7.63. The van der Waals surface area contributed by atoms with E-state index in [9.17, 15) is 9.59 Å². The van der Waals surface area contributed by atoms with Crippen molar-refractivity contribution in [2.75, 3.05) is 19.8 Å². The number of carboxylic acids is 1. The summed E-state index contributed by atoms with van der Waals surface area (Å²) in [5, 5.41) is 8.59. The minimum absolute atomic E-state index is 0.142. The van der Waals surface area contributed by atoms with Gasteiger partial charge in [0.15, 0.2) is 0 Å². The van der Waals surface area contributed by atoms with Crippen LogP contribution in [0.4, 0.5) is 0 Å². The summed E-state index contributed by atoms with van der Waals surface area (Å²) >= 11 is 0. The van der Waals surface area contributed by atoms with Crippen LogP contribution in [0.1, 0.15) is 27.2 Å². The van der Waals surface area contributed by atoms with E-state index in [2.05, 4.69) is 6.58 Å². The van der Waals surface area contributed by atoms with Crippen molar-refractivity contribution in [2.24, 2.45) is 0 Å². The summed E-state index contributed by atoms with van der Waals surface area (Å²) in [7, 11) is 0. The minimum atomic E-state index is -0.830. The van der Waals surface area contributed by atoms with Crippen molar-refractivity contribution in [3.8, 4) is 0 Å². The van der Waals surface area contributed by atoms with Crippen LogP contribution < -0.4 is 0 Å². The van der Waals surface area contributed by atoms with E-state index in [0.717, 1.165) is 18.6 Å². The lowest BCUT2D eigenvalue weighted by Crippen LogP contribution is -2.09. The van der Waals surface area contributed by atoms with Crippen molar-refractivity contribution in [1.29, 1.82) is 0 Å². The molecule has 6 heteroatoms. The molecule has 0 aromatic heterocycles. The molecule has 21 heavy (non-hydrogen) atoms. The maximum absolute atomic E-state index is 10.7. The van der Waals surface area contributed by atoms with Gasteiger partial charge in [0.2, 0.25) is 0 Å². The quantitative estimate of drug-likeness (QED) is 0.456. The molecule has 1 N–H and O–H groups in total. The molecule has 0 saturated carbocycles. The lowest BCUT2D eigenvalue weighted by molar-refractivity contribution is -0.139. The van der Waals surface area contributed by atoms with Gasteiger partial charge in [-0.3, -0.25) is 0 Å². The van der Waals surface area contributed by atoms with E-state index >= 15 is 0 Å². The molecule has 0 aromatic rings. The zero-order valence-corrected chi connectivity index (χ0v) is 12.7. The summed E-state index contributed by atoms with van der Waals surface area (Å²) in [5.74, 6) is -1.17. The molecule has 0 amide bonds. The largest absolute Gasteiger partial charge is 0.478 e. The molecular formula is C15H22O6. The second kappa shape index (κ2) is 7.95. The van der Waals surface area contributed by atoms with Crippen LogP contribution in [-0.2, 0) is 23.8 Å². The fraction of sp³-hybridized carbons (Fsp3) is 0.600. The third-order valence-corrected chi connectivity index (χ3v) is 3.05. The van der Waals surface area contributed by atoms with Crippen LogP contribution >= 0.6 is 0 Å². The molecule has 0 radical (unpaired) electrons. The summed E-state index contributed by atoms with van der Waals surface area (Å²) in [5.41, 5.74) is 1.79. The van der Waals surface area contributed by atoms with Gasteiger partial charge in [-0.2, -0.15) is 0 Å². The van der Waals surface area contributed by atoms with Crippen LogP contribution in [0.5, 0.6) is 0 Å². The highest BCUT2D eigenvalue weighted by Crippen LogP contribution is 2.20. The minimum Gasteiger partial charge on any atom is -0.478 e. The first kappa shape index (κ1) is 17.4. The molecule has 2 saturated heterocycles. The molecule has 118 valence electrons. The van der Waals surface area contributed by atoms with E-state index in [1.165, 1.54) is 0 Å². The Kier molecular flexibility index (Phi) is 6.58. The summed E-state index contributed by atoms with van der Waals surface area (Å²) < 4.78 is 14.6. The number of epoxide rings is 2. The third-order valence-electron chi connectivity index (χ3n) is 3.05. The number of carbonyl (C=O) groups excluding carboxylic acids is 1. The van der Waals surface area contributed by atoms with Crippen LogP contribution in [0.25, 0.3) is 0 Å². The molecule has 0 spiro atoms. The van der Waals surface area contributed by atoms with E-state index in [1.807, 2.05) is 6.92 Å². The van der Waals surface area contributed by atoms with Crippen LogP contribution in [0.3, 0.4) is 0 Å². The van der Waals surface area contributed by atoms with Gasteiger partial charge in [0.25, 0.3) is 0 Å². The highest BCUT2D eigenvalue weighted by atomic mass is 16.6. The van der Waals surface area contributed by atoms with Gasteiger partial charge in [0, 0.05) is 11.1 Å². The average Bonchev–Trinajstić information content (AvgIpc) is 3.29. The zero-order valence-electron chi connectivity index (χ0n) is 12.7. The lowest BCUT2D eigenvalue weighted by Gasteiger charge is -1.99. The molecule has 2 atom stereocenters. The molecule has 0 aliphatic carbocycles. The molecule has 2 fully saturated rings. The van der Waals surface area contributed by atoms with Crippen molar-refractivity contribution in [3.05, 3.63) is 23.3 Å². The maximum Gasteiger partial charge on any atom is 0.333 e. The maximum atomic E-state index is 10.7. The molecule has 2 aliphatic rings. The van der Waals surface area contributed by atoms with Crippen LogP contribution in [0.2, 0.25) is 0 Å². The Morgan fingerprint density at radius 3 is 2.10 bits per heavy atom. The normalized spacial score (nSPS) is 23.2. The number of hydrogen-bond donors (Lipinski definition) is 1. The Morgan fingerprint density at radius 2 is 1.71 bits per heavy atom. The number of aliphatic carboxylic acids is 1. The topological polar surface area (TPSA) is 88.7 Å². The van der Waals surface area contributed by atoms with Crippen LogP contribution in [0.15, 0.2) is 23.3 Å². The SMILES string of the molecule is C=C(C)C(=O)OCC1CO1.CC(CC1CO1)=C(C)C(=O)O. The van der Waals surface area contributed by atoms with Crippen molar-refractivity contribution in [3.63, 3.8) is 0 Å². The Morgan fingerprint density at radius 1 is 1.19 bits per heavy atom. The van der Waals surface area contributed by atoms with Gasteiger partial charge < -0.3 is 19.3 Å². The van der Waals surface area contributed by atoms with Gasteiger partial charge >= 0.3 is 11.9 Å². The Labute approximate surface area is 124 Å². The number of ether oxygens (including phenoxy) is 3. The van der Waals surface area contributed by atoms with Crippen LogP contribution in [0, 0.1) is 0 Å². The summed E-state index contributed by atoms with van der Waals surface area (Å²) in [6.07, 6.45) is 1.19. The smallest absolute Gasteiger partial charge is 0.333 e. The monoisotopic (exact) mass is 298 g/mol. The average molecular weight is 298 g/mol. The number of rotatable bonds is 6. The first-order valence-corrected chi connectivity index (χ1v) is 6.76. The Hall–Kier alpha value is -1.66. The second-order valence-corrected chi connectivity index (χ2v) is 5.20. The van der Waals surface area contributed by atoms with Crippen molar-refractivity contribution < 1.29 is 28.9 Å². The lowest BCUT2D eigenvalue weighted by atomic mass is 10.1. The zero-order chi connectivity index (χ0) is 16.0. The van der Waals surface area contributed by atoms with E-state index in [1.54, 1.807) is 13.8 Å². The molecule has 6 nitrogen and oxygen atoms in total. The van der Waals surface area contributed by atoms with E-state index in [0.29, 0.717) is 24.4 Å². The van der Waals surface area contributed by atoms with E-state index in [4.69, 9.17) is 19.3 Å². The molecule has 2 aliphatic heterocycles. The molecule has 2 unspecified atom stereocenters. The number of carbonyl (C=O) groups is 2. The van der Waals surface area contributed by atoms with Gasteiger partial charge in [0.1, 0.15) is 12.7 Å². The van der Waals surface area contributed by atoms with Crippen LogP contribution in [-0.4, -0.2) is 49.1 Å². The van der Waals surface area contributed by atoms with Gasteiger partial charge in [-0.1, -0.05) is 12.2 Å². The predicted octanol–water partition coefficient (Wildman–Crippen LogP) is 1.70. The molecule has 0 bridgehead atoms. The van der Waals surface area contributed by atoms with Crippen molar-refractivity contribution in [2.45, 2.75) is 39.4 Å². The van der Waals surface area contributed by atoms with Crippen molar-refractivity contribution >= 4 is 11.9 Å². The first-order valence-electron chi connectivity index (χ1n) is 6.76.